The van der Waals surface area contributed by atoms with Gasteiger partial charge < -0.3 is 20.1 Å². The molecule has 2 N–H and O–H groups in total. The zero-order chi connectivity index (χ0) is 24.3. The molecule has 0 bridgehead atoms. The minimum Gasteiger partial charge on any atom is -0.481 e. The summed E-state index contributed by atoms with van der Waals surface area (Å²) < 4.78 is 5.63. The molecule has 4 rings (SSSR count). The van der Waals surface area contributed by atoms with Gasteiger partial charge in [-0.1, -0.05) is 68.3 Å². The van der Waals surface area contributed by atoms with Crippen LogP contribution in [0.25, 0.3) is 11.1 Å². The van der Waals surface area contributed by atoms with Crippen molar-refractivity contribution in [2.75, 3.05) is 26.7 Å². The molecule has 0 aliphatic heterocycles. The Labute approximate surface area is 200 Å². The Balaban J connectivity index is 1.37. The van der Waals surface area contributed by atoms with E-state index in [1.165, 1.54) is 16.0 Å². The molecule has 1 fully saturated rings. The van der Waals surface area contributed by atoms with E-state index in [0.29, 0.717) is 12.8 Å². The molecule has 0 spiro atoms. The second-order valence-corrected chi connectivity index (χ2v) is 9.59. The van der Waals surface area contributed by atoms with E-state index < -0.39 is 23.4 Å². The van der Waals surface area contributed by atoms with Gasteiger partial charge in [-0.3, -0.25) is 9.59 Å². The van der Waals surface area contributed by atoms with Crippen molar-refractivity contribution in [1.29, 1.82) is 0 Å². The molecule has 1 saturated carbocycles. The van der Waals surface area contributed by atoms with Crippen LogP contribution in [0.3, 0.4) is 0 Å². The number of aliphatic carboxylic acids is 1. The molecule has 0 saturated heterocycles. The van der Waals surface area contributed by atoms with Crippen molar-refractivity contribution in [3.63, 3.8) is 0 Å². The topological polar surface area (TPSA) is 95.9 Å². The minimum absolute atomic E-state index is 0.0242. The summed E-state index contributed by atoms with van der Waals surface area (Å²) in [6, 6.07) is 16.3. The Kier molecular flexibility index (Phi) is 6.91. The molecule has 180 valence electrons. The van der Waals surface area contributed by atoms with Crippen LogP contribution in [-0.2, 0) is 14.3 Å². The number of carboxylic acid groups (broad SMARTS) is 1. The summed E-state index contributed by atoms with van der Waals surface area (Å²) in [5.74, 6) is -1.72. The third-order valence-corrected chi connectivity index (χ3v) is 7.25. The summed E-state index contributed by atoms with van der Waals surface area (Å²) in [4.78, 5) is 38.6. The summed E-state index contributed by atoms with van der Waals surface area (Å²) in [5.41, 5.74) is 3.92. The van der Waals surface area contributed by atoms with Crippen LogP contribution < -0.4 is 5.32 Å². The molecule has 34 heavy (non-hydrogen) atoms. The molecule has 2 aromatic rings. The molecule has 1 unspecified atom stereocenters. The molecule has 2 aromatic carbocycles. The number of carbonyl (C=O) groups excluding carboxylic acids is 2. The summed E-state index contributed by atoms with van der Waals surface area (Å²) in [5, 5.41) is 12.0. The fourth-order valence-electron chi connectivity index (χ4n) is 5.39. The number of alkyl carbamates (subject to hydrolysis) is 1. The number of nitrogens with zero attached hydrogens (tertiary/aromatic N) is 1. The summed E-state index contributed by atoms with van der Waals surface area (Å²) in [6.45, 7) is 2.13. The van der Waals surface area contributed by atoms with Crippen molar-refractivity contribution in [2.24, 2.45) is 11.3 Å². The Morgan fingerprint density at radius 1 is 1.06 bits per heavy atom. The first kappa shape index (κ1) is 23.8. The number of amides is 2. The molecule has 7 nitrogen and oxygen atoms in total. The molecule has 2 aliphatic rings. The van der Waals surface area contributed by atoms with Crippen molar-refractivity contribution in [2.45, 2.75) is 38.5 Å². The summed E-state index contributed by atoms with van der Waals surface area (Å²) >= 11 is 0. The van der Waals surface area contributed by atoms with Gasteiger partial charge in [-0.2, -0.15) is 0 Å². The number of benzene rings is 2. The second-order valence-electron chi connectivity index (χ2n) is 9.59. The lowest BCUT2D eigenvalue weighted by Gasteiger charge is -2.33. The highest BCUT2D eigenvalue weighted by molar-refractivity contribution is 5.84. The lowest BCUT2D eigenvalue weighted by atomic mass is 9.84. The zero-order valence-corrected chi connectivity index (χ0v) is 19.8. The van der Waals surface area contributed by atoms with Crippen molar-refractivity contribution in [3.8, 4) is 11.1 Å². The first-order valence-electron chi connectivity index (χ1n) is 11.9. The van der Waals surface area contributed by atoms with Gasteiger partial charge >= 0.3 is 12.1 Å². The van der Waals surface area contributed by atoms with Crippen LogP contribution in [0.1, 0.15) is 49.7 Å². The Morgan fingerprint density at radius 2 is 1.62 bits per heavy atom. The first-order valence-corrected chi connectivity index (χ1v) is 11.9. The number of hydrogen-bond acceptors (Lipinski definition) is 4. The van der Waals surface area contributed by atoms with Crippen LogP contribution >= 0.6 is 0 Å². The fourth-order valence-corrected chi connectivity index (χ4v) is 5.39. The first-order chi connectivity index (χ1) is 16.3. The van der Waals surface area contributed by atoms with Gasteiger partial charge in [0.05, 0.1) is 11.3 Å². The molecule has 7 heteroatoms. The average Bonchev–Trinajstić information content (AvgIpc) is 3.44. The quantitative estimate of drug-likeness (QED) is 0.608. The van der Waals surface area contributed by atoms with Crippen LogP contribution in [0.5, 0.6) is 0 Å². The van der Waals surface area contributed by atoms with Gasteiger partial charge in [0.2, 0.25) is 5.91 Å². The number of fused-ring (bicyclic) bond motifs is 3. The summed E-state index contributed by atoms with van der Waals surface area (Å²) in [7, 11) is 1.63. The van der Waals surface area contributed by atoms with Gasteiger partial charge in [-0.05, 0) is 35.1 Å². The van der Waals surface area contributed by atoms with E-state index >= 15 is 0 Å². The van der Waals surface area contributed by atoms with E-state index in [0.717, 1.165) is 24.0 Å². The highest BCUT2D eigenvalue weighted by Crippen LogP contribution is 2.44. The molecule has 1 atom stereocenters. The van der Waals surface area contributed by atoms with E-state index in [9.17, 15) is 19.5 Å². The van der Waals surface area contributed by atoms with E-state index in [1.54, 1.807) is 14.0 Å². The maximum atomic E-state index is 13.2. The molecule has 2 aliphatic carbocycles. The second kappa shape index (κ2) is 9.87. The molecule has 0 heterocycles. The van der Waals surface area contributed by atoms with Gasteiger partial charge in [0.25, 0.3) is 0 Å². The number of hydrogen-bond donors (Lipinski definition) is 2. The predicted molar refractivity (Wildman–Crippen MR) is 128 cm³/mol. The Bertz CT molecular complexity index is 1030. The molecular weight excluding hydrogens is 432 g/mol. The highest BCUT2D eigenvalue weighted by atomic mass is 16.5. The third kappa shape index (κ3) is 4.65. The van der Waals surface area contributed by atoms with E-state index in [-0.39, 0.29) is 31.5 Å². The van der Waals surface area contributed by atoms with Crippen LogP contribution in [0, 0.1) is 11.3 Å². The maximum Gasteiger partial charge on any atom is 0.407 e. The van der Waals surface area contributed by atoms with Gasteiger partial charge in [0, 0.05) is 26.1 Å². The fraction of sp³-hybridized carbons (Fsp3) is 0.444. The van der Waals surface area contributed by atoms with Gasteiger partial charge in [0.15, 0.2) is 0 Å². The lowest BCUT2D eigenvalue weighted by Crippen LogP contribution is -2.49. The molecule has 2 amide bonds. The lowest BCUT2D eigenvalue weighted by molar-refractivity contribution is -0.145. The van der Waals surface area contributed by atoms with Crippen LogP contribution in [-0.4, -0.2) is 54.7 Å². The van der Waals surface area contributed by atoms with E-state index in [1.807, 2.05) is 24.3 Å². The van der Waals surface area contributed by atoms with E-state index in [4.69, 9.17) is 4.74 Å². The van der Waals surface area contributed by atoms with Gasteiger partial charge in [-0.25, -0.2) is 4.79 Å². The standard InChI is InChI=1S/C27H32N2O5/c1-18(24(30)31)15-29(2)25(32)27(13-7-8-14-27)17-28-26(33)34-16-23-21-11-5-3-9-19(21)20-10-4-6-12-22(20)23/h3-6,9-12,18,23H,7-8,13-17H2,1-2H3,(H,28,33)(H,30,31). The van der Waals surface area contributed by atoms with Gasteiger partial charge in [-0.15, -0.1) is 0 Å². The van der Waals surface area contributed by atoms with E-state index in [2.05, 4.69) is 29.6 Å². The van der Waals surface area contributed by atoms with Crippen LogP contribution in [0.15, 0.2) is 48.5 Å². The normalized spacial score (nSPS) is 16.9. The minimum atomic E-state index is -0.933. The Morgan fingerprint density at radius 3 is 2.18 bits per heavy atom. The van der Waals surface area contributed by atoms with Crippen LogP contribution in [0.4, 0.5) is 4.79 Å². The molecule has 0 radical (unpaired) electrons. The predicted octanol–water partition coefficient (Wildman–Crippen LogP) is 4.26. The molecule has 0 aromatic heterocycles. The number of carbonyl (C=O) groups is 3. The monoisotopic (exact) mass is 464 g/mol. The van der Waals surface area contributed by atoms with Crippen molar-refractivity contribution in [1.82, 2.24) is 10.2 Å². The largest absolute Gasteiger partial charge is 0.481 e. The van der Waals surface area contributed by atoms with Crippen molar-refractivity contribution < 1.29 is 24.2 Å². The van der Waals surface area contributed by atoms with Crippen LogP contribution in [0.2, 0.25) is 0 Å². The summed E-state index contributed by atoms with van der Waals surface area (Å²) in [6.07, 6.45) is 2.60. The maximum absolute atomic E-state index is 13.2. The Hall–Kier alpha value is -3.35. The smallest absolute Gasteiger partial charge is 0.407 e. The SMILES string of the molecule is CC(CN(C)C(=O)C1(CNC(=O)OCC2c3ccccc3-c3ccccc32)CCCC1)C(=O)O. The zero-order valence-electron chi connectivity index (χ0n) is 19.8. The average molecular weight is 465 g/mol. The number of ether oxygens (including phenoxy) is 1. The number of nitrogens with one attached hydrogen (secondary N) is 1. The number of rotatable bonds is 8. The number of carboxylic acids is 1. The molecular formula is C27H32N2O5. The third-order valence-electron chi connectivity index (χ3n) is 7.25. The van der Waals surface area contributed by atoms with Gasteiger partial charge in [0.1, 0.15) is 6.61 Å². The highest BCUT2D eigenvalue weighted by Gasteiger charge is 2.43. The van der Waals surface area contributed by atoms with Crippen molar-refractivity contribution in [3.05, 3.63) is 59.7 Å². The van der Waals surface area contributed by atoms with Crippen molar-refractivity contribution >= 4 is 18.0 Å².